The van der Waals surface area contributed by atoms with Crippen LogP contribution in [0.5, 0.6) is 11.5 Å². The first-order valence-corrected chi connectivity index (χ1v) is 8.82. The molecule has 5 nitrogen and oxygen atoms in total. The van der Waals surface area contributed by atoms with Gasteiger partial charge in [0.15, 0.2) is 11.6 Å². The second-order valence-corrected chi connectivity index (χ2v) is 6.38. The highest BCUT2D eigenvalue weighted by Gasteiger charge is 2.20. The van der Waals surface area contributed by atoms with Gasteiger partial charge in [-0.15, -0.1) is 0 Å². The van der Waals surface area contributed by atoms with Crippen molar-refractivity contribution in [3.05, 3.63) is 54.3 Å². The van der Waals surface area contributed by atoms with E-state index in [-0.39, 0.29) is 12.4 Å². The fourth-order valence-electron chi connectivity index (χ4n) is 3.08. The van der Waals surface area contributed by atoms with Crippen molar-refractivity contribution >= 4 is 5.69 Å². The molecule has 2 aromatic rings. The zero-order valence-corrected chi connectivity index (χ0v) is 15.0. The second kappa shape index (κ2) is 8.87. The molecule has 0 aliphatic carbocycles. The number of benzene rings is 2. The molecule has 0 spiro atoms. The van der Waals surface area contributed by atoms with Crippen LogP contribution < -0.4 is 14.4 Å². The Kier molecular flexibility index (Phi) is 6.30. The van der Waals surface area contributed by atoms with Gasteiger partial charge in [0.2, 0.25) is 0 Å². The molecule has 0 saturated carbocycles. The van der Waals surface area contributed by atoms with E-state index in [4.69, 9.17) is 9.47 Å². The molecule has 1 fully saturated rings. The van der Waals surface area contributed by atoms with E-state index in [1.165, 1.54) is 11.8 Å². The van der Waals surface area contributed by atoms with Gasteiger partial charge < -0.3 is 19.5 Å². The van der Waals surface area contributed by atoms with Crippen molar-refractivity contribution in [3.8, 4) is 11.5 Å². The lowest BCUT2D eigenvalue weighted by Gasteiger charge is -2.36. The Hall–Kier alpha value is -2.31. The maximum atomic E-state index is 13.5. The normalized spacial score (nSPS) is 16.3. The summed E-state index contributed by atoms with van der Waals surface area (Å²) >= 11 is 0. The summed E-state index contributed by atoms with van der Waals surface area (Å²) in [6, 6.07) is 14.3. The highest BCUT2D eigenvalue weighted by atomic mass is 19.1. The molecule has 0 radical (unpaired) electrons. The van der Waals surface area contributed by atoms with E-state index in [1.54, 1.807) is 25.3 Å². The van der Waals surface area contributed by atoms with E-state index in [0.29, 0.717) is 6.54 Å². The largest absolute Gasteiger partial charge is 0.497 e. The van der Waals surface area contributed by atoms with Crippen molar-refractivity contribution in [2.45, 2.75) is 6.10 Å². The number of halogens is 1. The first-order chi connectivity index (χ1) is 12.7. The summed E-state index contributed by atoms with van der Waals surface area (Å²) in [5.74, 6) is 0.619. The van der Waals surface area contributed by atoms with Crippen LogP contribution in [0.4, 0.5) is 10.1 Å². The Morgan fingerprint density at radius 1 is 1.04 bits per heavy atom. The van der Waals surface area contributed by atoms with Crippen LogP contribution >= 0.6 is 0 Å². The fourth-order valence-corrected chi connectivity index (χ4v) is 3.08. The molecule has 0 amide bonds. The molecule has 1 aliphatic rings. The molecule has 1 N–H and O–H groups in total. The minimum absolute atomic E-state index is 0.0830. The van der Waals surface area contributed by atoms with Crippen LogP contribution in [0.2, 0.25) is 0 Å². The van der Waals surface area contributed by atoms with Crippen molar-refractivity contribution in [2.75, 3.05) is 51.3 Å². The number of rotatable bonds is 7. The van der Waals surface area contributed by atoms with Gasteiger partial charge in [0.05, 0.1) is 7.11 Å². The van der Waals surface area contributed by atoms with Gasteiger partial charge in [0, 0.05) is 38.4 Å². The summed E-state index contributed by atoms with van der Waals surface area (Å²) in [4.78, 5) is 4.52. The summed E-state index contributed by atoms with van der Waals surface area (Å²) in [6.07, 6.45) is -0.651. The zero-order valence-electron chi connectivity index (χ0n) is 15.0. The molecule has 1 unspecified atom stereocenters. The number of hydrogen-bond donors (Lipinski definition) is 1. The third kappa shape index (κ3) is 4.86. The summed E-state index contributed by atoms with van der Waals surface area (Å²) in [7, 11) is 1.66. The van der Waals surface area contributed by atoms with Crippen LogP contribution in [0.1, 0.15) is 0 Å². The summed E-state index contributed by atoms with van der Waals surface area (Å²) in [5, 5.41) is 10.2. The van der Waals surface area contributed by atoms with Gasteiger partial charge in [-0.1, -0.05) is 12.1 Å². The van der Waals surface area contributed by atoms with Crippen LogP contribution in [0.15, 0.2) is 48.5 Å². The number of anilines is 1. The van der Waals surface area contributed by atoms with Crippen LogP contribution in [-0.4, -0.2) is 62.6 Å². The van der Waals surface area contributed by atoms with Gasteiger partial charge in [-0.3, -0.25) is 4.90 Å². The monoisotopic (exact) mass is 360 g/mol. The van der Waals surface area contributed by atoms with Crippen LogP contribution in [0, 0.1) is 5.82 Å². The van der Waals surface area contributed by atoms with Crippen molar-refractivity contribution in [1.82, 2.24) is 4.90 Å². The Labute approximate surface area is 153 Å². The molecule has 1 saturated heterocycles. The van der Waals surface area contributed by atoms with Gasteiger partial charge in [-0.05, 0) is 36.4 Å². The number of para-hydroxylation sites is 1. The maximum absolute atomic E-state index is 13.5. The van der Waals surface area contributed by atoms with Crippen molar-refractivity contribution < 1.29 is 19.0 Å². The minimum atomic E-state index is -0.651. The number of piperazine rings is 1. The van der Waals surface area contributed by atoms with Crippen molar-refractivity contribution in [3.63, 3.8) is 0 Å². The summed E-state index contributed by atoms with van der Waals surface area (Å²) in [5.41, 5.74) is 1.17. The standard InChI is InChI=1S/C20H25FN2O3/c1-25-18-8-6-16(7-9-18)23-12-10-22(11-13-23)14-17(24)15-26-20-5-3-2-4-19(20)21/h2-9,17,24H,10-15H2,1H3. The second-order valence-electron chi connectivity index (χ2n) is 6.38. The molecule has 2 aromatic carbocycles. The van der Waals surface area contributed by atoms with Gasteiger partial charge in [0.25, 0.3) is 0 Å². The molecule has 140 valence electrons. The Morgan fingerprint density at radius 2 is 1.73 bits per heavy atom. The number of hydrogen-bond acceptors (Lipinski definition) is 5. The molecule has 1 aliphatic heterocycles. The molecule has 0 bridgehead atoms. The first kappa shape index (κ1) is 18.5. The molecule has 1 atom stereocenters. The number of ether oxygens (including phenoxy) is 2. The quantitative estimate of drug-likeness (QED) is 0.822. The Bertz CT molecular complexity index is 688. The lowest BCUT2D eigenvalue weighted by atomic mass is 10.2. The lowest BCUT2D eigenvalue weighted by molar-refractivity contribution is 0.0649. The molecular weight excluding hydrogens is 335 g/mol. The van der Waals surface area contributed by atoms with E-state index in [2.05, 4.69) is 21.9 Å². The van der Waals surface area contributed by atoms with E-state index in [0.717, 1.165) is 31.9 Å². The summed E-state index contributed by atoms with van der Waals surface area (Å²) in [6.45, 7) is 4.12. The number of aliphatic hydroxyl groups is 1. The third-order valence-electron chi connectivity index (χ3n) is 4.55. The van der Waals surface area contributed by atoms with E-state index < -0.39 is 11.9 Å². The van der Waals surface area contributed by atoms with Gasteiger partial charge in [-0.25, -0.2) is 4.39 Å². The van der Waals surface area contributed by atoms with Gasteiger partial charge >= 0.3 is 0 Å². The SMILES string of the molecule is COc1ccc(N2CCN(CC(O)COc3ccccc3F)CC2)cc1. The maximum Gasteiger partial charge on any atom is 0.165 e. The molecular formula is C20H25FN2O3. The molecule has 0 aromatic heterocycles. The van der Waals surface area contributed by atoms with Gasteiger partial charge in [0.1, 0.15) is 18.5 Å². The van der Waals surface area contributed by atoms with Crippen molar-refractivity contribution in [1.29, 1.82) is 0 Å². The van der Waals surface area contributed by atoms with Crippen LogP contribution in [0.25, 0.3) is 0 Å². The number of β-amino-alcohol motifs (C(OH)–C–C–N with tert-alkyl or cyclic N) is 1. The van der Waals surface area contributed by atoms with Gasteiger partial charge in [-0.2, -0.15) is 0 Å². The third-order valence-corrected chi connectivity index (χ3v) is 4.55. The van der Waals surface area contributed by atoms with E-state index >= 15 is 0 Å². The number of methoxy groups -OCH3 is 1. The highest BCUT2D eigenvalue weighted by molar-refractivity contribution is 5.49. The molecule has 3 rings (SSSR count). The van der Waals surface area contributed by atoms with Crippen LogP contribution in [0.3, 0.4) is 0 Å². The average molecular weight is 360 g/mol. The zero-order chi connectivity index (χ0) is 18.4. The first-order valence-electron chi connectivity index (χ1n) is 8.82. The fraction of sp³-hybridized carbons (Fsp3) is 0.400. The Morgan fingerprint density at radius 3 is 2.38 bits per heavy atom. The lowest BCUT2D eigenvalue weighted by Crippen LogP contribution is -2.49. The van der Waals surface area contributed by atoms with Crippen LogP contribution in [-0.2, 0) is 0 Å². The number of aliphatic hydroxyl groups excluding tert-OH is 1. The molecule has 6 heteroatoms. The predicted octanol–water partition coefficient (Wildman–Crippen LogP) is 2.40. The van der Waals surface area contributed by atoms with Crippen molar-refractivity contribution in [2.24, 2.45) is 0 Å². The molecule has 26 heavy (non-hydrogen) atoms. The smallest absolute Gasteiger partial charge is 0.165 e. The highest BCUT2D eigenvalue weighted by Crippen LogP contribution is 2.20. The predicted molar refractivity (Wildman–Crippen MR) is 99.5 cm³/mol. The average Bonchev–Trinajstić information content (AvgIpc) is 2.68. The Balaban J connectivity index is 1.42. The topological polar surface area (TPSA) is 45.2 Å². The minimum Gasteiger partial charge on any atom is -0.497 e. The number of nitrogens with zero attached hydrogens (tertiary/aromatic N) is 2. The van der Waals surface area contributed by atoms with E-state index in [9.17, 15) is 9.50 Å². The molecule has 1 heterocycles. The van der Waals surface area contributed by atoms with E-state index in [1.807, 2.05) is 12.1 Å². The summed E-state index contributed by atoms with van der Waals surface area (Å²) < 4.78 is 24.1.